The van der Waals surface area contributed by atoms with Crippen LogP contribution >= 0.6 is 0 Å². The van der Waals surface area contributed by atoms with Crippen molar-refractivity contribution in [3.63, 3.8) is 0 Å². The van der Waals surface area contributed by atoms with Crippen LogP contribution in [0, 0.1) is 0 Å². The van der Waals surface area contributed by atoms with E-state index in [1.54, 1.807) is 12.3 Å². The first-order valence-corrected chi connectivity index (χ1v) is 6.39. The molecule has 5 heteroatoms. The van der Waals surface area contributed by atoms with E-state index in [2.05, 4.69) is 0 Å². The van der Waals surface area contributed by atoms with Gasteiger partial charge in [-0.1, -0.05) is 6.08 Å². The van der Waals surface area contributed by atoms with Crippen LogP contribution in [0.5, 0.6) is 0 Å². The fourth-order valence-corrected chi connectivity index (χ4v) is 2.26. The number of carboxylic acids is 2. The monoisotopic (exact) mass is 276 g/mol. The minimum atomic E-state index is -0.977. The van der Waals surface area contributed by atoms with Crippen molar-refractivity contribution in [2.45, 2.75) is 32.1 Å². The van der Waals surface area contributed by atoms with Crippen molar-refractivity contribution >= 4 is 18.0 Å². The van der Waals surface area contributed by atoms with E-state index in [1.807, 2.05) is 6.07 Å². The lowest BCUT2D eigenvalue weighted by Gasteiger charge is -2.18. The molecule has 2 rings (SSSR count). The van der Waals surface area contributed by atoms with Crippen LogP contribution in [0.1, 0.15) is 43.4 Å². The number of aliphatic carboxylic acids is 2. The Morgan fingerprint density at radius 1 is 1.40 bits per heavy atom. The molecule has 0 saturated heterocycles. The van der Waals surface area contributed by atoms with Crippen LogP contribution in [0.25, 0.3) is 6.08 Å². The zero-order chi connectivity index (χ0) is 14.7. The fraction of sp³-hybridized carbons (Fsp3) is 0.333. The second-order valence-corrected chi connectivity index (χ2v) is 4.92. The van der Waals surface area contributed by atoms with Crippen molar-refractivity contribution in [3.05, 3.63) is 40.9 Å². The topological polar surface area (TPSA) is 87.7 Å². The lowest BCUT2D eigenvalue weighted by atomic mass is 9.86. The maximum Gasteiger partial charge on any atom is 0.331 e. The van der Waals surface area contributed by atoms with Gasteiger partial charge in [-0.25, -0.2) is 9.59 Å². The lowest BCUT2D eigenvalue weighted by Crippen LogP contribution is -2.09. The Hall–Kier alpha value is -2.30. The van der Waals surface area contributed by atoms with E-state index < -0.39 is 11.9 Å². The molecule has 1 aliphatic rings. The van der Waals surface area contributed by atoms with Gasteiger partial charge in [-0.15, -0.1) is 0 Å². The van der Waals surface area contributed by atoms with Gasteiger partial charge in [0.1, 0.15) is 5.76 Å². The van der Waals surface area contributed by atoms with Crippen LogP contribution in [-0.4, -0.2) is 22.2 Å². The van der Waals surface area contributed by atoms with Gasteiger partial charge in [0.25, 0.3) is 0 Å². The lowest BCUT2D eigenvalue weighted by molar-refractivity contribution is -0.133. The molecule has 2 N–H and O–H groups in total. The molecule has 1 aromatic heterocycles. The van der Waals surface area contributed by atoms with Crippen molar-refractivity contribution in [2.75, 3.05) is 0 Å². The molecule has 0 spiro atoms. The van der Waals surface area contributed by atoms with Gasteiger partial charge in [0, 0.05) is 11.1 Å². The number of furan rings is 1. The minimum absolute atomic E-state index is 0.211. The van der Waals surface area contributed by atoms with Gasteiger partial charge in [0.15, 0.2) is 0 Å². The van der Waals surface area contributed by atoms with Crippen molar-refractivity contribution < 1.29 is 24.2 Å². The standard InChI is InChI=1S/C15H16O5/c1-9(14(16)17)6-13-7-12(8-20-13)10-2-4-11(5-3-10)15(18)19/h4,6-8,10H,2-3,5H2,1H3,(H,16,17)(H,18,19)/b9-6-/t10-/m0/s1. The molecule has 1 heterocycles. The highest BCUT2D eigenvalue weighted by atomic mass is 16.4. The van der Waals surface area contributed by atoms with Crippen molar-refractivity contribution in [1.82, 2.24) is 0 Å². The van der Waals surface area contributed by atoms with Gasteiger partial charge in [-0.2, -0.15) is 0 Å². The van der Waals surface area contributed by atoms with Crippen molar-refractivity contribution in [3.8, 4) is 0 Å². The molecule has 0 bridgehead atoms. The van der Waals surface area contributed by atoms with Crippen LogP contribution in [0.15, 0.2) is 34.0 Å². The van der Waals surface area contributed by atoms with E-state index in [4.69, 9.17) is 14.6 Å². The summed E-state index contributed by atoms with van der Waals surface area (Å²) in [5.41, 5.74) is 1.66. The molecule has 0 aliphatic heterocycles. The fourth-order valence-electron chi connectivity index (χ4n) is 2.26. The van der Waals surface area contributed by atoms with Gasteiger partial charge < -0.3 is 14.6 Å². The third-order valence-electron chi connectivity index (χ3n) is 3.49. The summed E-state index contributed by atoms with van der Waals surface area (Å²) in [7, 11) is 0. The number of carboxylic acid groups (broad SMARTS) is 2. The largest absolute Gasteiger partial charge is 0.478 e. The quantitative estimate of drug-likeness (QED) is 0.825. The molecule has 0 amide bonds. The molecule has 0 unspecified atom stereocenters. The van der Waals surface area contributed by atoms with Crippen molar-refractivity contribution in [2.24, 2.45) is 0 Å². The summed E-state index contributed by atoms with van der Waals surface area (Å²) in [6.07, 6.45) is 6.82. The minimum Gasteiger partial charge on any atom is -0.478 e. The molecule has 1 aromatic rings. The summed E-state index contributed by atoms with van der Waals surface area (Å²) in [4.78, 5) is 21.6. The Morgan fingerprint density at radius 2 is 2.15 bits per heavy atom. The van der Waals surface area contributed by atoms with Crippen LogP contribution < -0.4 is 0 Å². The summed E-state index contributed by atoms with van der Waals surface area (Å²) >= 11 is 0. The highest BCUT2D eigenvalue weighted by Crippen LogP contribution is 2.33. The Morgan fingerprint density at radius 3 is 2.70 bits per heavy atom. The molecule has 20 heavy (non-hydrogen) atoms. The van der Waals surface area contributed by atoms with Gasteiger partial charge in [-0.3, -0.25) is 0 Å². The maximum absolute atomic E-state index is 10.8. The number of hydrogen-bond donors (Lipinski definition) is 2. The Bertz CT molecular complexity index is 591. The molecule has 0 aromatic carbocycles. The molecule has 5 nitrogen and oxygen atoms in total. The normalized spacial score (nSPS) is 19.6. The van der Waals surface area contributed by atoms with Gasteiger partial charge in [0.2, 0.25) is 0 Å². The summed E-state index contributed by atoms with van der Waals surface area (Å²) in [5.74, 6) is -1.09. The number of allylic oxidation sites excluding steroid dienone is 1. The predicted molar refractivity (Wildman–Crippen MR) is 72.3 cm³/mol. The Balaban J connectivity index is 2.09. The molecule has 0 fully saturated rings. The number of carbonyl (C=O) groups is 2. The van der Waals surface area contributed by atoms with E-state index in [0.717, 1.165) is 12.0 Å². The zero-order valence-electron chi connectivity index (χ0n) is 11.1. The average molecular weight is 276 g/mol. The molecule has 0 saturated carbocycles. The van der Waals surface area contributed by atoms with Gasteiger partial charge >= 0.3 is 11.9 Å². The van der Waals surface area contributed by atoms with E-state index in [-0.39, 0.29) is 11.5 Å². The Labute approximate surface area is 116 Å². The second-order valence-electron chi connectivity index (χ2n) is 4.92. The zero-order valence-corrected chi connectivity index (χ0v) is 11.1. The van der Waals surface area contributed by atoms with E-state index >= 15 is 0 Å². The van der Waals surface area contributed by atoms with Crippen LogP contribution in [0.3, 0.4) is 0 Å². The number of hydrogen-bond acceptors (Lipinski definition) is 3. The highest BCUT2D eigenvalue weighted by molar-refractivity contribution is 5.91. The first-order chi connectivity index (χ1) is 9.47. The Kier molecular flexibility index (Phi) is 4.08. The molecular formula is C15H16O5. The first-order valence-electron chi connectivity index (χ1n) is 6.39. The molecular weight excluding hydrogens is 260 g/mol. The van der Waals surface area contributed by atoms with Gasteiger partial charge in [-0.05, 0) is 49.8 Å². The van der Waals surface area contributed by atoms with Crippen LogP contribution in [0.4, 0.5) is 0 Å². The summed E-state index contributed by atoms with van der Waals surface area (Å²) in [6.45, 7) is 1.51. The molecule has 1 atom stereocenters. The smallest absolute Gasteiger partial charge is 0.331 e. The average Bonchev–Trinajstić information content (AvgIpc) is 2.87. The third-order valence-corrected chi connectivity index (χ3v) is 3.49. The number of rotatable bonds is 4. The van der Waals surface area contributed by atoms with Crippen LogP contribution in [0.2, 0.25) is 0 Å². The summed E-state index contributed by atoms with van der Waals surface area (Å²) in [6, 6.07) is 1.82. The van der Waals surface area contributed by atoms with Crippen LogP contribution in [-0.2, 0) is 9.59 Å². The maximum atomic E-state index is 10.8. The predicted octanol–water partition coefficient (Wildman–Crippen LogP) is 3.05. The third kappa shape index (κ3) is 3.17. The van der Waals surface area contributed by atoms with Gasteiger partial charge in [0.05, 0.1) is 6.26 Å². The first kappa shape index (κ1) is 14.1. The van der Waals surface area contributed by atoms with E-state index in [1.165, 1.54) is 13.0 Å². The molecule has 1 aliphatic carbocycles. The highest BCUT2D eigenvalue weighted by Gasteiger charge is 2.20. The van der Waals surface area contributed by atoms with E-state index in [9.17, 15) is 9.59 Å². The molecule has 0 radical (unpaired) electrons. The molecule has 106 valence electrons. The van der Waals surface area contributed by atoms with Crippen molar-refractivity contribution in [1.29, 1.82) is 0 Å². The van der Waals surface area contributed by atoms with E-state index in [0.29, 0.717) is 24.2 Å². The summed E-state index contributed by atoms with van der Waals surface area (Å²) in [5, 5.41) is 17.7. The second kappa shape index (κ2) is 5.77. The summed E-state index contributed by atoms with van der Waals surface area (Å²) < 4.78 is 5.34. The SMILES string of the molecule is C/C(=C/c1cc([C@H]2CC=C(C(=O)O)CC2)co1)C(=O)O.